The highest BCUT2D eigenvalue weighted by Crippen LogP contribution is 2.34. The lowest BCUT2D eigenvalue weighted by Gasteiger charge is -2.39. The van der Waals surface area contributed by atoms with E-state index >= 15 is 0 Å². The van der Waals surface area contributed by atoms with E-state index in [9.17, 15) is 18.0 Å². The van der Waals surface area contributed by atoms with E-state index in [1.807, 2.05) is 29.2 Å². The van der Waals surface area contributed by atoms with Gasteiger partial charge in [0.05, 0.1) is 12.7 Å². The van der Waals surface area contributed by atoms with Gasteiger partial charge in [-0.2, -0.15) is 13.2 Å². The van der Waals surface area contributed by atoms with Crippen molar-refractivity contribution in [1.29, 1.82) is 0 Å². The summed E-state index contributed by atoms with van der Waals surface area (Å²) < 4.78 is 45.8. The molecule has 0 spiro atoms. The zero-order valence-electron chi connectivity index (χ0n) is 19.6. The number of amides is 2. The number of carbonyl (C=O) groups is 1. The van der Waals surface area contributed by atoms with Crippen LogP contribution in [0.3, 0.4) is 0 Å². The monoisotopic (exact) mass is 518 g/mol. The van der Waals surface area contributed by atoms with Crippen molar-refractivity contribution in [2.45, 2.75) is 31.1 Å². The van der Waals surface area contributed by atoms with Gasteiger partial charge in [-0.3, -0.25) is 9.88 Å². The Hall–Kier alpha value is -3.30. The average molecular weight is 519 g/mol. The van der Waals surface area contributed by atoms with Crippen molar-refractivity contribution in [1.82, 2.24) is 15.2 Å². The number of anilines is 1. The third-order valence-corrected chi connectivity index (χ3v) is 6.51. The summed E-state index contributed by atoms with van der Waals surface area (Å²) in [7, 11) is 1.58. The lowest BCUT2D eigenvalue weighted by Crippen LogP contribution is -2.50. The maximum Gasteiger partial charge on any atom is 0.416 e. The number of likely N-dealkylation sites (tertiary alicyclic amines) is 1. The van der Waals surface area contributed by atoms with E-state index in [0.29, 0.717) is 36.0 Å². The van der Waals surface area contributed by atoms with E-state index in [1.54, 1.807) is 31.4 Å². The Morgan fingerprint density at radius 3 is 2.53 bits per heavy atom. The molecule has 6 nitrogen and oxygen atoms in total. The minimum atomic E-state index is -4.45. The Morgan fingerprint density at radius 1 is 1.14 bits per heavy atom. The molecule has 1 aliphatic rings. The second-order valence-corrected chi connectivity index (χ2v) is 9.08. The smallest absolute Gasteiger partial charge is 0.416 e. The van der Waals surface area contributed by atoms with Crippen LogP contribution in [0.2, 0.25) is 5.02 Å². The van der Waals surface area contributed by atoms with E-state index < -0.39 is 11.7 Å². The van der Waals surface area contributed by atoms with Crippen molar-refractivity contribution >= 4 is 23.3 Å². The molecule has 190 valence electrons. The van der Waals surface area contributed by atoms with E-state index in [4.69, 9.17) is 16.3 Å². The van der Waals surface area contributed by atoms with Gasteiger partial charge >= 0.3 is 12.2 Å². The number of hydrogen-bond donors (Lipinski definition) is 2. The number of aromatic nitrogens is 1. The first-order valence-electron chi connectivity index (χ1n) is 11.4. The average Bonchev–Trinajstić information content (AvgIpc) is 2.86. The lowest BCUT2D eigenvalue weighted by atomic mass is 9.85. The third-order valence-electron chi connectivity index (χ3n) is 6.26. The number of hydrogen-bond acceptors (Lipinski definition) is 4. The topological polar surface area (TPSA) is 66.5 Å². The molecule has 2 N–H and O–H groups in total. The SMILES string of the molecule is COc1ccc(C2CN(Cc3cnccc3C(F)(F)F)CCC2NC(=O)Nc2ccc(Cl)cc2)cc1. The lowest BCUT2D eigenvalue weighted by molar-refractivity contribution is -0.138. The second-order valence-electron chi connectivity index (χ2n) is 8.65. The molecule has 1 saturated heterocycles. The molecule has 0 aliphatic carbocycles. The number of benzene rings is 2. The van der Waals surface area contributed by atoms with Gasteiger partial charge in [0.2, 0.25) is 0 Å². The van der Waals surface area contributed by atoms with Crippen molar-refractivity contribution in [3.8, 4) is 5.75 Å². The fourth-order valence-electron chi connectivity index (χ4n) is 4.46. The predicted octanol–water partition coefficient (Wildman–Crippen LogP) is 5.94. The summed E-state index contributed by atoms with van der Waals surface area (Å²) in [6.07, 6.45) is -1.46. The molecule has 0 bridgehead atoms. The highest BCUT2D eigenvalue weighted by molar-refractivity contribution is 6.30. The number of halogens is 4. The molecule has 2 amide bonds. The van der Waals surface area contributed by atoms with Crippen LogP contribution in [0.4, 0.5) is 23.7 Å². The van der Waals surface area contributed by atoms with Crippen molar-refractivity contribution in [3.63, 3.8) is 0 Å². The Bertz CT molecular complexity index is 1170. The number of nitrogens with one attached hydrogen (secondary N) is 2. The minimum absolute atomic E-state index is 0.110. The quantitative estimate of drug-likeness (QED) is 0.424. The van der Waals surface area contributed by atoms with Gasteiger partial charge in [-0.05, 0) is 60.0 Å². The van der Waals surface area contributed by atoms with Crippen LogP contribution < -0.4 is 15.4 Å². The summed E-state index contributed by atoms with van der Waals surface area (Å²) in [5, 5.41) is 6.42. The number of ether oxygens (including phenoxy) is 1. The largest absolute Gasteiger partial charge is 0.497 e. The van der Waals surface area contributed by atoms with Crippen LogP contribution in [0.5, 0.6) is 5.75 Å². The number of pyridine rings is 1. The normalized spacial score (nSPS) is 18.5. The predicted molar refractivity (Wildman–Crippen MR) is 132 cm³/mol. The van der Waals surface area contributed by atoms with Crippen LogP contribution >= 0.6 is 11.6 Å². The number of urea groups is 1. The first-order chi connectivity index (χ1) is 17.2. The summed E-state index contributed by atoms with van der Waals surface area (Å²) in [6.45, 7) is 1.09. The van der Waals surface area contributed by atoms with Crippen LogP contribution in [0, 0.1) is 0 Å². The van der Waals surface area contributed by atoms with Crippen LogP contribution in [-0.2, 0) is 12.7 Å². The summed E-state index contributed by atoms with van der Waals surface area (Å²) in [6, 6.07) is 14.7. The van der Waals surface area contributed by atoms with E-state index in [-0.39, 0.29) is 30.1 Å². The molecule has 2 heterocycles. The molecule has 1 aromatic heterocycles. The zero-order chi connectivity index (χ0) is 25.7. The molecular weight excluding hydrogens is 493 g/mol. The van der Waals surface area contributed by atoms with Gasteiger partial charge in [-0.25, -0.2) is 4.79 Å². The molecule has 3 aromatic rings. The molecule has 10 heteroatoms. The second kappa shape index (κ2) is 11.2. The number of nitrogens with zero attached hydrogens (tertiary/aromatic N) is 2. The van der Waals surface area contributed by atoms with Gasteiger partial charge in [0.25, 0.3) is 0 Å². The number of piperidine rings is 1. The molecule has 36 heavy (non-hydrogen) atoms. The van der Waals surface area contributed by atoms with Gasteiger partial charge < -0.3 is 15.4 Å². The Labute approximate surface area is 212 Å². The highest BCUT2D eigenvalue weighted by atomic mass is 35.5. The maximum atomic E-state index is 13.5. The van der Waals surface area contributed by atoms with Crippen LogP contribution in [0.25, 0.3) is 0 Å². The molecule has 1 fully saturated rings. The number of carbonyl (C=O) groups excluding carboxylic acids is 1. The molecule has 0 radical (unpaired) electrons. The molecule has 4 rings (SSSR count). The highest BCUT2D eigenvalue weighted by Gasteiger charge is 2.36. The van der Waals surface area contributed by atoms with Crippen molar-refractivity contribution < 1.29 is 22.7 Å². The standard InChI is InChI=1S/C26H26ClF3N4O2/c1-36-21-8-2-17(3-9-21)22-16-34(15-18-14-31-12-10-23(18)26(28,29)30)13-11-24(22)33-25(35)32-20-6-4-19(27)5-7-20/h2-10,12,14,22,24H,11,13,15-16H2,1H3,(H2,32,33,35). The first kappa shape index (κ1) is 25.8. The van der Waals surface area contributed by atoms with Gasteiger partial charge in [-0.1, -0.05) is 23.7 Å². The van der Waals surface area contributed by atoms with Crippen molar-refractivity contribution in [2.24, 2.45) is 0 Å². The number of rotatable bonds is 6. The molecule has 1 aliphatic heterocycles. The van der Waals surface area contributed by atoms with E-state index in [2.05, 4.69) is 15.6 Å². The number of methoxy groups -OCH3 is 1. The first-order valence-corrected chi connectivity index (χ1v) is 11.8. The number of alkyl halides is 3. The molecular formula is C26H26ClF3N4O2. The molecule has 2 aromatic carbocycles. The summed E-state index contributed by atoms with van der Waals surface area (Å²) in [5.74, 6) is 0.549. The van der Waals surface area contributed by atoms with Crippen molar-refractivity contribution in [2.75, 3.05) is 25.5 Å². The molecule has 2 unspecified atom stereocenters. The maximum absolute atomic E-state index is 13.5. The van der Waals surface area contributed by atoms with Crippen LogP contribution in [-0.4, -0.2) is 42.2 Å². The van der Waals surface area contributed by atoms with Gasteiger partial charge in [0.15, 0.2) is 0 Å². The Balaban J connectivity index is 1.51. The summed E-state index contributed by atoms with van der Waals surface area (Å²) >= 11 is 5.91. The Morgan fingerprint density at radius 2 is 1.86 bits per heavy atom. The van der Waals surface area contributed by atoms with E-state index in [1.165, 1.54) is 6.20 Å². The molecule has 2 atom stereocenters. The summed E-state index contributed by atoms with van der Waals surface area (Å²) in [5.41, 5.74) is 1.01. The fourth-order valence-corrected chi connectivity index (χ4v) is 4.59. The van der Waals surface area contributed by atoms with Crippen molar-refractivity contribution in [3.05, 3.63) is 88.7 Å². The zero-order valence-corrected chi connectivity index (χ0v) is 20.3. The fraction of sp³-hybridized carbons (Fsp3) is 0.308. The Kier molecular flexibility index (Phi) is 8.01. The molecule has 0 saturated carbocycles. The summed E-state index contributed by atoms with van der Waals surface area (Å²) in [4.78, 5) is 18.6. The van der Waals surface area contributed by atoms with E-state index in [0.717, 1.165) is 17.8 Å². The van der Waals surface area contributed by atoms with Crippen LogP contribution in [0.15, 0.2) is 67.0 Å². The van der Waals surface area contributed by atoms with Crippen LogP contribution in [0.1, 0.15) is 29.0 Å². The van der Waals surface area contributed by atoms with Gasteiger partial charge in [0.1, 0.15) is 5.75 Å². The minimum Gasteiger partial charge on any atom is -0.497 e. The van der Waals surface area contributed by atoms with Gasteiger partial charge in [-0.15, -0.1) is 0 Å². The van der Waals surface area contributed by atoms with Gasteiger partial charge in [0, 0.05) is 54.7 Å². The third kappa shape index (κ3) is 6.47.